The van der Waals surface area contributed by atoms with Crippen LogP contribution in [0.15, 0.2) is 0 Å². The van der Waals surface area contributed by atoms with Gasteiger partial charge >= 0.3 is 45.5 Å². The topological polar surface area (TPSA) is 121 Å². The predicted octanol–water partition coefficient (Wildman–Crippen LogP) is -0.167. The molecule has 20 heavy (non-hydrogen) atoms. The third-order valence-electron chi connectivity index (χ3n) is 0. The predicted molar refractivity (Wildman–Crippen MR) is 84.5 cm³/mol. The van der Waals surface area contributed by atoms with E-state index in [1.165, 1.54) is 0 Å². The summed E-state index contributed by atoms with van der Waals surface area (Å²) in [6, 6.07) is 0. The SMILES string of the molecule is CCO.CCO.CCO.CCO.CCO.CCO.[H-].[H-].[Sr+2].[Ta]. The van der Waals surface area contributed by atoms with Crippen molar-refractivity contribution in [2.75, 3.05) is 39.6 Å². The standard InChI is InChI=1S/6C2H6O.Sr.Ta.2H/c6*1-2-3;;;;/h6*3H,2H2,1H3;;;;/q;;;;;;+2;;2*-1. The molecule has 0 aliphatic rings. The van der Waals surface area contributed by atoms with Gasteiger partial charge in [0.15, 0.2) is 0 Å². The summed E-state index contributed by atoms with van der Waals surface area (Å²) in [4.78, 5) is 0. The van der Waals surface area contributed by atoms with Gasteiger partial charge in [-0.2, -0.15) is 0 Å². The molecule has 0 spiro atoms. The number of aliphatic hydroxyl groups excluding tert-OH is 6. The molecule has 0 saturated carbocycles. The Morgan fingerprint density at radius 2 is 0.450 bits per heavy atom. The second kappa shape index (κ2) is 132. The Balaban J connectivity index is -0.00000000947. The Hall–Kier alpha value is 1.98. The molecule has 0 unspecified atom stereocenters. The van der Waals surface area contributed by atoms with Gasteiger partial charge in [0.1, 0.15) is 0 Å². The molecule has 0 atom stereocenters. The molecule has 0 amide bonds. The summed E-state index contributed by atoms with van der Waals surface area (Å²) in [7, 11) is 0. The zero-order valence-electron chi connectivity index (χ0n) is 16.1. The van der Waals surface area contributed by atoms with Crippen molar-refractivity contribution in [3.63, 3.8) is 0 Å². The summed E-state index contributed by atoms with van der Waals surface area (Å²) in [6.07, 6.45) is 0. The smallest absolute Gasteiger partial charge is 1.00 e. The van der Waals surface area contributed by atoms with Crippen LogP contribution in [-0.2, 0) is 22.4 Å². The first-order valence-electron chi connectivity index (χ1n) is 6.14. The Bertz CT molecular complexity index is 53.1. The molecule has 0 aromatic rings. The fourth-order valence-corrected chi connectivity index (χ4v) is 0. The zero-order chi connectivity index (χ0) is 16.2. The molecule has 129 valence electrons. The second-order valence-corrected chi connectivity index (χ2v) is 1.90. The molecule has 0 saturated heterocycles. The molecular weight excluding hydrogens is 509 g/mol. The van der Waals surface area contributed by atoms with Crippen molar-refractivity contribution in [2.45, 2.75) is 41.5 Å². The normalized spacial score (nSPS) is 5.40. The summed E-state index contributed by atoms with van der Waals surface area (Å²) in [5.74, 6) is 0. The van der Waals surface area contributed by atoms with E-state index < -0.39 is 0 Å². The van der Waals surface area contributed by atoms with Gasteiger partial charge in [-0.1, -0.05) is 0 Å². The fourth-order valence-electron chi connectivity index (χ4n) is 0. The van der Waals surface area contributed by atoms with E-state index >= 15 is 0 Å². The molecule has 0 aromatic heterocycles. The van der Waals surface area contributed by atoms with Crippen molar-refractivity contribution in [3.8, 4) is 0 Å². The largest absolute Gasteiger partial charge is 2.00 e. The minimum absolute atomic E-state index is 0. The molecule has 8 heteroatoms. The average Bonchev–Trinajstić information content (AvgIpc) is 2.23. The van der Waals surface area contributed by atoms with E-state index in [0.717, 1.165) is 0 Å². The van der Waals surface area contributed by atoms with Crippen LogP contribution in [-0.4, -0.2) is 116 Å². The van der Waals surface area contributed by atoms with Crippen LogP contribution in [0.25, 0.3) is 0 Å². The van der Waals surface area contributed by atoms with Gasteiger partial charge in [-0.15, -0.1) is 0 Å². The molecule has 1 radical (unpaired) electrons. The van der Waals surface area contributed by atoms with Crippen molar-refractivity contribution in [1.82, 2.24) is 0 Å². The average molecular weight is 547 g/mol. The van der Waals surface area contributed by atoms with Crippen molar-refractivity contribution in [2.24, 2.45) is 0 Å². The van der Waals surface area contributed by atoms with Crippen LogP contribution in [0, 0.1) is 0 Å². The molecule has 0 rings (SSSR count). The monoisotopic (exact) mass is 547 g/mol. The molecular formula is C12H38O6SrTa. The first-order valence-corrected chi connectivity index (χ1v) is 6.14. The molecule has 0 aliphatic heterocycles. The van der Waals surface area contributed by atoms with Crippen LogP contribution in [0.5, 0.6) is 0 Å². The van der Waals surface area contributed by atoms with Crippen LogP contribution >= 0.6 is 0 Å². The van der Waals surface area contributed by atoms with E-state index in [0.29, 0.717) is 0 Å². The van der Waals surface area contributed by atoms with Crippen molar-refractivity contribution < 1.29 is 55.9 Å². The fraction of sp³-hybridized carbons (Fsp3) is 1.00. The van der Waals surface area contributed by atoms with Crippen LogP contribution < -0.4 is 0 Å². The molecule has 0 aromatic carbocycles. The maximum Gasteiger partial charge on any atom is 2.00 e. The van der Waals surface area contributed by atoms with Gasteiger partial charge in [0, 0.05) is 62.0 Å². The van der Waals surface area contributed by atoms with E-state index in [4.69, 9.17) is 30.6 Å². The minimum Gasteiger partial charge on any atom is -1.00 e. The van der Waals surface area contributed by atoms with E-state index in [1.54, 1.807) is 41.5 Å². The van der Waals surface area contributed by atoms with E-state index in [1.807, 2.05) is 0 Å². The third-order valence-corrected chi connectivity index (χ3v) is 0. The molecule has 0 heterocycles. The summed E-state index contributed by atoms with van der Waals surface area (Å²) >= 11 is 0. The summed E-state index contributed by atoms with van der Waals surface area (Å²) in [6.45, 7) is 11.6. The molecule has 6 nitrogen and oxygen atoms in total. The Morgan fingerprint density at radius 3 is 0.450 bits per heavy atom. The first kappa shape index (κ1) is 49.5. The van der Waals surface area contributed by atoms with E-state index in [9.17, 15) is 0 Å². The molecule has 0 aliphatic carbocycles. The van der Waals surface area contributed by atoms with Gasteiger partial charge in [0.05, 0.1) is 0 Å². The molecule has 0 fully saturated rings. The van der Waals surface area contributed by atoms with Crippen LogP contribution in [0.3, 0.4) is 0 Å². The summed E-state index contributed by atoms with van der Waals surface area (Å²) < 4.78 is 0. The molecule has 6 N–H and O–H groups in total. The van der Waals surface area contributed by atoms with Gasteiger partial charge in [-0.25, -0.2) is 0 Å². The minimum atomic E-state index is 0. The Labute approximate surface area is 181 Å². The third kappa shape index (κ3) is 1830. The number of hydrogen-bond donors (Lipinski definition) is 6. The van der Waals surface area contributed by atoms with Crippen LogP contribution in [0.2, 0.25) is 0 Å². The van der Waals surface area contributed by atoms with Gasteiger partial charge in [0.25, 0.3) is 0 Å². The number of rotatable bonds is 0. The maximum atomic E-state index is 7.57. The second-order valence-electron chi connectivity index (χ2n) is 1.90. The summed E-state index contributed by atoms with van der Waals surface area (Å²) in [5.41, 5.74) is 0. The van der Waals surface area contributed by atoms with Gasteiger partial charge in [0.2, 0.25) is 0 Å². The number of hydrogen-bond acceptors (Lipinski definition) is 6. The quantitative estimate of drug-likeness (QED) is 0.235. The summed E-state index contributed by atoms with van der Waals surface area (Å²) in [5, 5.41) is 45.4. The maximum absolute atomic E-state index is 7.57. The van der Waals surface area contributed by atoms with Gasteiger partial charge in [-0.3, -0.25) is 0 Å². The first-order chi connectivity index (χ1) is 8.49. The van der Waals surface area contributed by atoms with Crippen molar-refractivity contribution in [3.05, 3.63) is 0 Å². The van der Waals surface area contributed by atoms with E-state index in [2.05, 4.69) is 0 Å². The van der Waals surface area contributed by atoms with Crippen molar-refractivity contribution >= 4 is 45.5 Å². The van der Waals surface area contributed by atoms with Crippen molar-refractivity contribution in [1.29, 1.82) is 0 Å². The Morgan fingerprint density at radius 1 is 0.450 bits per heavy atom. The molecule has 0 bridgehead atoms. The van der Waals surface area contributed by atoms with Gasteiger partial charge in [-0.05, 0) is 41.5 Å². The van der Waals surface area contributed by atoms with Crippen LogP contribution in [0.4, 0.5) is 0 Å². The Kier molecular flexibility index (Phi) is 325. The van der Waals surface area contributed by atoms with E-state index in [-0.39, 0.29) is 110 Å². The van der Waals surface area contributed by atoms with Gasteiger partial charge < -0.3 is 33.5 Å². The zero-order valence-corrected chi connectivity index (χ0v) is 20.8. The van der Waals surface area contributed by atoms with Crippen LogP contribution in [0.1, 0.15) is 44.4 Å². The number of aliphatic hydroxyl groups is 6.